The van der Waals surface area contributed by atoms with Crippen molar-refractivity contribution in [3.8, 4) is 11.5 Å². The molecule has 0 spiro atoms. The molecule has 3 unspecified atom stereocenters. The number of methoxy groups -OCH3 is 1. The Morgan fingerprint density at radius 2 is 1.98 bits per heavy atom. The van der Waals surface area contributed by atoms with Crippen molar-refractivity contribution in [1.29, 1.82) is 0 Å². The summed E-state index contributed by atoms with van der Waals surface area (Å²) in [6, 6.07) is 14.1. The van der Waals surface area contributed by atoms with Crippen molar-refractivity contribution in [2.45, 2.75) is 49.7 Å². The number of ether oxygens (including phenoxy) is 2. The lowest BCUT2D eigenvalue weighted by atomic mass is 9.86. The fraction of sp³-hybridized carbons (Fsp3) is 0.452. The van der Waals surface area contributed by atoms with E-state index in [4.69, 9.17) is 15.2 Å². The zero-order valence-electron chi connectivity index (χ0n) is 24.4. The van der Waals surface area contributed by atoms with Crippen LogP contribution >= 0.6 is 11.8 Å². The SMILES string of the molecule is COC[C@@H](N)C(=O)N1CCC[C@@H](NC(=O)C2=C3NC(=O)N(c4ccc(Oc5ccccc5)cc4C)C4CCNC(S2)C34)C1. The van der Waals surface area contributed by atoms with Crippen LogP contribution in [0.3, 0.4) is 0 Å². The lowest BCUT2D eigenvalue weighted by Gasteiger charge is -2.46. The van der Waals surface area contributed by atoms with Gasteiger partial charge in [-0.25, -0.2) is 4.79 Å². The number of aryl methyl sites for hydroxylation is 1. The van der Waals surface area contributed by atoms with Crippen molar-refractivity contribution in [1.82, 2.24) is 20.9 Å². The number of carbonyl (C=O) groups is 3. The predicted molar refractivity (Wildman–Crippen MR) is 165 cm³/mol. The molecule has 0 bridgehead atoms. The molecule has 0 saturated carbocycles. The van der Waals surface area contributed by atoms with Crippen LogP contribution in [-0.2, 0) is 14.3 Å². The summed E-state index contributed by atoms with van der Waals surface area (Å²) in [6.45, 7) is 3.86. The highest BCUT2D eigenvalue weighted by atomic mass is 32.2. The Labute approximate surface area is 255 Å². The third-order valence-corrected chi connectivity index (χ3v) is 9.84. The van der Waals surface area contributed by atoms with Gasteiger partial charge in [-0.3, -0.25) is 14.5 Å². The van der Waals surface area contributed by atoms with Gasteiger partial charge in [0, 0.05) is 43.5 Å². The van der Waals surface area contributed by atoms with Crippen LogP contribution in [0, 0.1) is 12.8 Å². The number of urea groups is 1. The minimum Gasteiger partial charge on any atom is -0.457 e. The van der Waals surface area contributed by atoms with Gasteiger partial charge >= 0.3 is 6.03 Å². The number of carbonyl (C=O) groups excluding carboxylic acids is 3. The van der Waals surface area contributed by atoms with Crippen LogP contribution in [0.1, 0.15) is 24.8 Å². The molecule has 43 heavy (non-hydrogen) atoms. The summed E-state index contributed by atoms with van der Waals surface area (Å²) >= 11 is 1.47. The maximum Gasteiger partial charge on any atom is 0.326 e. The first kappa shape index (κ1) is 29.5. The fourth-order valence-electron chi connectivity index (χ4n) is 6.52. The molecule has 4 aliphatic rings. The molecule has 5 atom stereocenters. The number of hydrogen-bond donors (Lipinski definition) is 4. The van der Waals surface area contributed by atoms with E-state index in [0.717, 1.165) is 42.8 Å². The molecule has 4 aliphatic heterocycles. The molecule has 12 heteroatoms. The van der Waals surface area contributed by atoms with Gasteiger partial charge in [-0.15, -0.1) is 0 Å². The van der Waals surface area contributed by atoms with E-state index in [1.807, 2.05) is 60.4 Å². The number of piperidine rings is 2. The highest BCUT2D eigenvalue weighted by Gasteiger charge is 2.52. The molecule has 5 N–H and O–H groups in total. The number of nitrogens with zero attached hydrogens (tertiary/aromatic N) is 2. The molecule has 2 aromatic rings. The van der Waals surface area contributed by atoms with Crippen LogP contribution in [0.2, 0.25) is 0 Å². The Balaban J connectivity index is 1.18. The number of hydrogen-bond acceptors (Lipinski definition) is 8. The first-order valence-electron chi connectivity index (χ1n) is 14.8. The number of benzene rings is 2. The van der Waals surface area contributed by atoms with E-state index in [9.17, 15) is 14.4 Å². The summed E-state index contributed by atoms with van der Waals surface area (Å²) in [5.41, 5.74) is 8.40. The summed E-state index contributed by atoms with van der Waals surface area (Å²) in [5, 5.41) is 9.73. The molecule has 2 aromatic carbocycles. The number of anilines is 1. The second-order valence-corrected chi connectivity index (χ2v) is 12.6. The molecular formula is C31H38N6O5S. The monoisotopic (exact) mass is 606 g/mol. The molecule has 228 valence electrons. The van der Waals surface area contributed by atoms with E-state index in [1.165, 1.54) is 18.9 Å². The smallest absolute Gasteiger partial charge is 0.326 e. The standard InChI is InChI=1S/C31H38N6O5S/c1-18-15-21(42-20-8-4-3-5-9-20)10-11-23(18)37-24-12-13-33-29-25(24)26(35-31(37)40)27(43-29)28(38)34-19-7-6-14-36(16-19)30(39)22(32)17-41-2/h3-5,8-11,15,19,22,24-25,29,33H,6-7,12-14,16-17,32H2,1-2H3,(H,34,38)(H,35,40)/t19-,22-,24?,25?,29?/m1/s1. The third kappa shape index (κ3) is 5.97. The maximum atomic E-state index is 13.7. The molecule has 3 saturated heterocycles. The summed E-state index contributed by atoms with van der Waals surface area (Å²) in [7, 11) is 1.51. The van der Waals surface area contributed by atoms with E-state index in [-0.39, 0.29) is 47.8 Å². The molecule has 3 fully saturated rings. The van der Waals surface area contributed by atoms with Crippen LogP contribution in [0.15, 0.2) is 59.1 Å². The first-order chi connectivity index (χ1) is 20.8. The van der Waals surface area contributed by atoms with E-state index in [1.54, 1.807) is 4.90 Å². The van der Waals surface area contributed by atoms with Crippen molar-refractivity contribution >= 4 is 35.3 Å². The number of nitrogens with two attached hydrogens (primary N) is 1. The summed E-state index contributed by atoms with van der Waals surface area (Å²) in [5.74, 6) is 0.992. The van der Waals surface area contributed by atoms with Gasteiger partial charge in [0.15, 0.2) is 0 Å². The number of amides is 4. The van der Waals surface area contributed by atoms with Gasteiger partial charge in [-0.1, -0.05) is 30.0 Å². The average molecular weight is 607 g/mol. The van der Waals surface area contributed by atoms with Crippen molar-refractivity contribution < 1.29 is 23.9 Å². The van der Waals surface area contributed by atoms with Crippen LogP contribution in [0.25, 0.3) is 0 Å². The second kappa shape index (κ2) is 12.6. The molecule has 0 aliphatic carbocycles. The number of para-hydroxylation sites is 1. The topological polar surface area (TPSA) is 138 Å². The number of thioether (sulfide) groups is 1. The maximum absolute atomic E-state index is 13.7. The van der Waals surface area contributed by atoms with Gasteiger partial charge in [0.1, 0.15) is 17.5 Å². The van der Waals surface area contributed by atoms with Crippen molar-refractivity contribution in [3.05, 3.63) is 64.7 Å². The Kier molecular flexibility index (Phi) is 8.62. The molecule has 0 radical (unpaired) electrons. The van der Waals surface area contributed by atoms with Crippen molar-refractivity contribution in [3.63, 3.8) is 0 Å². The van der Waals surface area contributed by atoms with Crippen LogP contribution < -0.4 is 31.3 Å². The number of rotatable bonds is 8. The van der Waals surface area contributed by atoms with E-state index in [2.05, 4.69) is 16.0 Å². The van der Waals surface area contributed by atoms with E-state index < -0.39 is 6.04 Å². The van der Waals surface area contributed by atoms with Gasteiger partial charge in [0.25, 0.3) is 5.91 Å². The highest BCUT2D eigenvalue weighted by molar-refractivity contribution is 8.04. The quantitative estimate of drug-likeness (QED) is 0.360. The summed E-state index contributed by atoms with van der Waals surface area (Å²) in [4.78, 5) is 44.1. The molecule has 4 amide bonds. The van der Waals surface area contributed by atoms with Gasteiger partial charge in [0.05, 0.1) is 22.9 Å². The van der Waals surface area contributed by atoms with Crippen LogP contribution in [0.4, 0.5) is 10.5 Å². The van der Waals surface area contributed by atoms with Gasteiger partial charge < -0.3 is 36.1 Å². The molecule has 11 nitrogen and oxygen atoms in total. The van der Waals surface area contributed by atoms with E-state index in [0.29, 0.717) is 29.4 Å². The second-order valence-electron chi connectivity index (χ2n) is 11.4. The Morgan fingerprint density at radius 1 is 1.16 bits per heavy atom. The van der Waals surface area contributed by atoms with Crippen molar-refractivity contribution in [2.24, 2.45) is 11.7 Å². The minimum absolute atomic E-state index is 0.0323. The fourth-order valence-corrected chi connectivity index (χ4v) is 7.92. The highest BCUT2D eigenvalue weighted by Crippen LogP contribution is 2.48. The number of nitrogens with one attached hydrogen (secondary N) is 3. The lowest BCUT2D eigenvalue weighted by Crippen LogP contribution is -2.62. The van der Waals surface area contributed by atoms with E-state index >= 15 is 0 Å². The van der Waals surface area contributed by atoms with Gasteiger partial charge in [-0.2, -0.15) is 0 Å². The zero-order chi connectivity index (χ0) is 30.1. The molecule has 4 heterocycles. The molecule has 6 rings (SSSR count). The minimum atomic E-state index is -0.725. The van der Waals surface area contributed by atoms with Gasteiger partial charge in [0.2, 0.25) is 5.91 Å². The Hall–Kier alpha value is -3.58. The van der Waals surface area contributed by atoms with Gasteiger partial charge in [-0.05, 0) is 68.6 Å². The Morgan fingerprint density at radius 3 is 2.74 bits per heavy atom. The van der Waals surface area contributed by atoms with Crippen LogP contribution in [0.5, 0.6) is 11.5 Å². The van der Waals surface area contributed by atoms with Crippen LogP contribution in [-0.4, -0.2) is 79.6 Å². The molecule has 0 aromatic heterocycles. The first-order valence-corrected chi connectivity index (χ1v) is 15.6. The normalized spacial score (nSPS) is 25.6. The summed E-state index contributed by atoms with van der Waals surface area (Å²) < 4.78 is 11.0. The Bertz CT molecular complexity index is 1420. The predicted octanol–water partition coefficient (Wildman–Crippen LogP) is 2.66. The molecular weight excluding hydrogens is 568 g/mol. The lowest BCUT2D eigenvalue weighted by molar-refractivity contribution is -0.135. The van der Waals surface area contributed by atoms with Crippen molar-refractivity contribution in [2.75, 3.05) is 38.3 Å². The number of likely N-dealkylation sites (tertiary alicyclic amines) is 1. The third-order valence-electron chi connectivity index (χ3n) is 8.49. The average Bonchev–Trinajstić information content (AvgIpc) is 3.38. The zero-order valence-corrected chi connectivity index (χ0v) is 25.2. The largest absolute Gasteiger partial charge is 0.457 e. The summed E-state index contributed by atoms with van der Waals surface area (Å²) in [6.07, 6.45) is 2.29.